The molecule has 0 spiro atoms. The van der Waals surface area contributed by atoms with Gasteiger partial charge in [-0.05, 0) is 13.8 Å². The molecule has 0 amide bonds. The number of anilines is 1. The van der Waals surface area contributed by atoms with E-state index in [-0.39, 0.29) is 10.4 Å². The van der Waals surface area contributed by atoms with Crippen molar-refractivity contribution in [2.75, 3.05) is 30.9 Å². The van der Waals surface area contributed by atoms with Crippen LogP contribution in [0.25, 0.3) is 0 Å². The van der Waals surface area contributed by atoms with Crippen LogP contribution in [0.2, 0.25) is 0 Å². The van der Waals surface area contributed by atoms with Crippen molar-refractivity contribution in [1.82, 2.24) is 9.97 Å². The predicted octanol–water partition coefficient (Wildman–Crippen LogP) is 1.59. The average molecular weight is 267 g/mol. The molecule has 0 N–H and O–H groups in total. The zero-order valence-corrected chi connectivity index (χ0v) is 11.7. The topological polar surface area (TPSA) is 55.3 Å². The fraction of sp³-hybridized carbons (Fsp3) is 0.583. The number of carbonyl (C=O) groups excluding carboxylic acids is 1. The second-order valence-electron chi connectivity index (χ2n) is 4.78. The van der Waals surface area contributed by atoms with E-state index in [1.807, 2.05) is 11.8 Å². The summed E-state index contributed by atoms with van der Waals surface area (Å²) in [6.07, 6.45) is 3.12. The van der Waals surface area contributed by atoms with Gasteiger partial charge in [0.05, 0.1) is 19.5 Å². The molecule has 2 heterocycles. The zero-order chi connectivity index (χ0) is 13.2. The van der Waals surface area contributed by atoms with Gasteiger partial charge in [0.1, 0.15) is 5.82 Å². The van der Waals surface area contributed by atoms with Crippen LogP contribution in [0.4, 0.5) is 5.82 Å². The lowest BCUT2D eigenvalue weighted by atomic mass is 10.2. The number of esters is 1. The molecule has 0 aromatic carbocycles. The molecule has 5 nitrogen and oxygen atoms in total. The van der Waals surface area contributed by atoms with Crippen molar-refractivity contribution in [2.45, 2.75) is 18.6 Å². The highest BCUT2D eigenvalue weighted by Gasteiger charge is 2.28. The van der Waals surface area contributed by atoms with Crippen LogP contribution < -0.4 is 4.90 Å². The molecule has 18 heavy (non-hydrogen) atoms. The van der Waals surface area contributed by atoms with E-state index in [1.54, 1.807) is 6.20 Å². The first kappa shape index (κ1) is 13.1. The van der Waals surface area contributed by atoms with Gasteiger partial charge in [-0.25, -0.2) is 9.78 Å². The Kier molecular flexibility index (Phi) is 3.75. The maximum Gasteiger partial charge on any atom is 0.358 e. The van der Waals surface area contributed by atoms with E-state index < -0.39 is 5.97 Å². The van der Waals surface area contributed by atoms with Crippen LogP contribution in [0.1, 0.15) is 24.3 Å². The minimum atomic E-state index is -0.449. The van der Waals surface area contributed by atoms with Gasteiger partial charge >= 0.3 is 5.97 Å². The van der Waals surface area contributed by atoms with Crippen molar-refractivity contribution in [1.29, 1.82) is 0 Å². The Morgan fingerprint density at radius 2 is 2.28 bits per heavy atom. The van der Waals surface area contributed by atoms with Crippen molar-refractivity contribution in [3.05, 3.63) is 18.1 Å². The van der Waals surface area contributed by atoms with E-state index in [9.17, 15) is 4.79 Å². The maximum atomic E-state index is 11.4. The van der Waals surface area contributed by atoms with E-state index >= 15 is 0 Å². The third-order valence-corrected chi connectivity index (χ3v) is 4.06. The van der Waals surface area contributed by atoms with Gasteiger partial charge in [0.15, 0.2) is 5.69 Å². The molecule has 1 aromatic rings. The number of ether oxygens (including phenoxy) is 1. The quantitative estimate of drug-likeness (QED) is 0.759. The number of aromatic nitrogens is 2. The largest absolute Gasteiger partial charge is 0.464 e. The minimum absolute atomic E-state index is 0.196. The normalized spacial score (nSPS) is 18.5. The number of nitrogens with zero attached hydrogens (tertiary/aromatic N) is 3. The molecule has 0 aliphatic carbocycles. The number of carbonyl (C=O) groups is 1. The third kappa shape index (κ3) is 2.93. The number of hydrogen-bond donors (Lipinski definition) is 0. The first-order chi connectivity index (χ1) is 8.52. The van der Waals surface area contributed by atoms with Crippen LogP contribution in [-0.2, 0) is 4.74 Å². The van der Waals surface area contributed by atoms with Crippen LogP contribution in [-0.4, -0.2) is 46.6 Å². The van der Waals surface area contributed by atoms with Gasteiger partial charge in [-0.1, -0.05) is 0 Å². The van der Waals surface area contributed by atoms with E-state index in [1.165, 1.54) is 13.3 Å². The van der Waals surface area contributed by atoms with Crippen molar-refractivity contribution < 1.29 is 9.53 Å². The molecule has 1 aliphatic heterocycles. The lowest BCUT2D eigenvalue weighted by molar-refractivity contribution is 0.0593. The highest BCUT2D eigenvalue weighted by Crippen LogP contribution is 2.31. The van der Waals surface area contributed by atoms with Crippen molar-refractivity contribution in [2.24, 2.45) is 0 Å². The van der Waals surface area contributed by atoms with Crippen LogP contribution in [0.15, 0.2) is 12.4 Å². The monoisotopic (exact) mass is 267 g/mol. The molecule has 0 saturated carbocycles. The van der Waals surface area contributed by atoms with Gasteiger partial charge < -0.3 is 9.64 Å². The maximum absolute atomic E-state index is 11.4. The number of thioether (sulfide) groups is 1. The smallest absolute Gasteiger partial charge is 0.358 e. The van der Waals surface area contributed by atoms with E-state index in [0.29, 0.717) is 0 Å². The Labute approximate surface area is 111 Å². The molecule has 1 fully saturated rings. The standard InChI is InChI=1S/C12H17N3O2S/c1-12(2)8-15(4-5-18-12)10-7-13-6-9(14-10)11(16)17-3/h6-7H,4-5,8H2,1-3H3. The van der Waals surface area contributed by atoms with Crippen molar-refractivity contribution in [3.8, 4) is 0 Å². The first-order valence-electron chi connectivity index (χ1n) is 5.81. The Morgan fingerprint density at radius 1 is 1.50 bits per heavy atom. The highest BCUT2D eigenvalue weighted by molar-refractivity contribution is 8.00. The fourth-order valence-electron chi connectivity index (χ4n) is 1.92. The number of hydrogen-bond acceptors (Lipinski definition) is 6. The van der Waals surface area contributed by atoms with E-state index in [2.05, 4.69) is 33.5 Å². The minimum Gasteiger partial charge on any atom is -0.464 e. The Balaban J connectivity index is 2.20. The average Bonchev–Trinajstić information content (AvgIpc) is 2.37. The molecular weight excluding hydrogens is 250 g/mol. The summed E-state index contributed by atoms with van der Waals surface area (Å²) in [5, 5.41) is 0. The molecule has 2 rings (SSSR count). The second-order valence-corrected chi connectivity index (χ2v) is 6.59. The Hall–Kier alpha value is -1.30. The number of methoxy groups -OCH3 is 1. The van der Waals surface area contributed by atoms with Gasteiger partial charge in [-0.2, -0.15) is 11.8 Å². The summed E-state index contributed by atoms with van der Waals surface area (Å²) in [5.74, 6) is 1.35. The molecular formula is C12H17N3O2S. The van der Waals surface area contributed by atoms with Gasteiger partial charge in [0.25, 0.3) is 0 Å². The predicted molar refractivity (Wildman–Crippen MR) is 72.1 cm³/mol. The first-order valence-corrected chi connectivity index (χ1v) is 6.80. The second kappa shape index (κ2) is 5.14. The Bertz CT molecular complexity index is 451. The van der Waals surface area contributed by atoms with Gasteiger partial charge in [0, 0.05) is 23.6 Å². The molecule has 1 saturated heterocycles. The van der Waals surface area contributed by atoms with E-state index in [0.717, 1.165) is 24.7 Å². The molecule has 1 aliphatic rings. The van der Waals surface area contributed by atoms with Crippen LogP contribution in [0.5, 0.6) is 0 Å². The SMILES string of the molecule is COC(=O)c1cncc(N2CCSC(C)(C)C2)n1. The number of rotatable bonds is 2. The summed E-state index contributed by atoms with van der Waals surface area (Å²) < 4.78 is 4.85. The van der Waals surface area contributed by atoms with Gasteiger partial charge in [-0.15, -0.1) is 0 Å². The zero-order valence-electron chi connectivity index (χ0n) is 10.8. The molecule has 0 atom stereocenters. The molecule has 0 radical (unpaired) electrons. The molecule has 0 bridgehead atoms. The summed E-state index contributed by atoms with van der Waals surface area (Å²) in [7, 11) is 1.34. The summed E-state index contributed by atoms with van der Waals surface area (Å²) in [4.78, 5) is 22.0. The summed E-state index contributed by atoms with van der Waals surface area (Å²) >= 11 is 1.95. The third-order valence-electron chi connectivity index (χ3n) is 2.77. The lowest BCUT2D eigenvalue weighted by Gasteiger charge is -2.38. The van der Waals surface area contributed by atoms with Crippen LogP contribution in [0, 0.1) is 0 Å². The molecule has 98 valence electrons. The molecule has 1 aromatic heterocycles. The summed E-state index contributed by atoms with van der Waals surface area (Å²) in [6.45, 7) is 6.24. The highest BCUT2D eigenvalue weighted by atomic mass is 32.2. The van der Waals surface area contributed by atoms with Gasteiger partial charge in [0.2, 0.25) is 0 Å². The van der Waals surface area contributed by atoms with Crippen molar-refractivity contribution in [3.63, 3.8) is 0 Å². The van der Waals surface area contributed by atoms with E-state index in [4.69, 9.17) is 0 Å². The molecule has 0 unspecified atom stereocenters. The summed E-state index contributed by atoms with van der Waals surface area (Å²) in [6, 6.07) is 0. The molecule has 6 heteroatoms. The Morgan fingerprint density at radius 3 is 2.94 bits per heavy atom. The fourth-order valence-corrected chi connectivity index (χ4v) is 3.03. The van der Waals surface area contributed by atoms with Crippen LogP contribution >= 0.6 is 11.8 Å². The van der Waals surface area contributed by atoms with Crippen LogP contribution in [0.3, 0.4) is 0 Å². The van der Waals surface area contributed by atoms with Crippen molar-refractivity contribution >= 4 is 23.5 Å². The summed E-state index contributed by atoms with van der Waals surface area (Å²) in [5.41, 5.74) is 0.256. The van der Waals surface area contributed by atoms with Gasteiger partial charge in [-0.3, -0.25) is 4.98 Å². The lowest BCUT2D eigenvalue weighted by Crippen LogP contribution is -2.43.